The van der Waals surface area contributed by atoms with Gasteiger partial charge < -0.3 is 4.90 Å². The van der Waals surface area contributed by atoms with Crippen LogP contribution in [0.2, 0.25) is 0 Å². The fourth-order valence-electron chi connectivity index (χ4n) is 4.56. The zero-order valence-corrected chi connectivity index (χ0v) is 16.9. The van der Waals surface area contributed by atoms with Gasteiger partial charge in [0.05, 0.1) is 11.2 Å². The third-order valence-electron chi connectivity index (χ3n) is 6.06. The van der Waals surface area contributed by atoms with E-state index in [1.165, 1.54) is 17.7 Å². The van der Waals surface area contributed by atoms with E-state index in [0.29, 0.717) is 12.3 Å². The molecule has 4 rings (SSSR count). The van der Waals surface area contributed by atoms with Crippen molar-refractivity contribution in [3.8, 4) is 0 Å². The number of piperidine rings is 2. The van der Waals surface area contributed by atoms with Gasteiger partial charge in [-0.25, -0.2) is 4.98 Å². The molecule has 27 heavy (non-hydrogen) atoms. The van der Waals surface area contributed by atoms with Crippen molar-refractivity contribution < 1.29 is 4.79 Å². The SMILES string of the molecule is Cc1ncsc1CN1CCC[C@]2(CCC(=O)N(CCc3ccccn3)C2)C1. The Bertz CT molecular complexity index is 777. The van der Waals surface area contributed by atoms with Gasteiger partial charge in [0.15, 0.2) is 0 Å². The predicted octanol–water partition coefficient (Wildman–Crippen LogP) is 3.29. The molecule has 0 bridgehead atoms. The summed E-state index contributed by atoms with van der Waals surface area (Å²) in [6, 6.07) is 6.00. The molecule has 5 nitrogen and oxygen atoms in total. The van der Waals surface area contributed by atoms with Gasteiger partial charge in [0.2, 0.25) is 5.91 Å². The van der Waals surface area contributed by atoms with E-state index in [2.05, 4.69) is 26.7 Å². The fourth-order valence-corrected chi connectivity index (χ4v) is 5.38. The molecule has 2 aliphatic heterocycles. The highest BCUT2D eigenvalue weighted by Gasteiger charge is 2.41. The minimum Gasteiger partial charge on any atom is -0.342 e. The number of pyridine rings is 1. The summed E-state index contributed by atoms with van der Waals surface area (Å²) < 4.78 is 0. The van der Waals surface area contributed by atoms with Crippen molar-refractivity contribution in [1.29, 1.82) is 0 Å². The normalized spacial score (nSPS) is 23.9. The van der Waals surface area contributed by atoms with Gasteiger partial charge >= 0.3 is 0 Å². The molecular weight excluding hydrogens is 356 g/mol. The number of likely N-dealkylation sites (tertiary alicyclic amines) is 2. The molecule has 2 saturated heterocycles. The van der Waals surface area contributed by atoms with Gasteiger partial charge in [-0.3, -0.25) is 14.7 Å². The summed E-state index contributed by atoms with van der Waals surface area (Å²) in [4.78, 5) is 27.4. The van der Waals surface area contributed by atoms with Crippen molar-refractivity contribution in [2.75, 3.05) is 26.2 Å². The van der Waals surface area contributed by atoms with E-state index in [1.54, 1.807) is 11.3 Å². The molecule has 1 atom stereocenters. The van der Waals surface area contributed by atoms with Crippen LogP contribution >= 0.6 is 11.3 Å². The minimum atomic E-state index is 0.259. The third kappa shape index (κ3) is 4.38. The molecule has 2 aromatic rings. The van der Waals surface area contributed by atoms with Crippen LogP contribution in [0.15, 0.2) is 29.9 Å². The zero-order chi connectivity index (χ0) is 18.7. The second kappa shape index (κ2) is 8.07. The van der Waals surface area contributed by atoms with Gasteiger partial charge in [0, 0.05) is 61.2 Å². The fraction of sp³-hybridized carbons (Fsp3) is 0.571. The monoisotopic (exact) mass is 384 g/mol. The number of hydrogen-bond acceptors (Lipinski definition) is 5. The Morgan fingerprint density at radius 2 is 2.15 bits per heavy atom. The highest BCUT2D eigenvalue weighted by atomic mass is 32.1. The van der Waals surface area contributed by atoms with Gasteiger partial charge in [-0.05, 0) is 44.9 Å². The van der Waals surface area contributed by atoms with E-state index >= 15 is 0 Å². The molecule has 2 fully saturated rings. The van der Waals surface area contributed by atoms with Crippen LogP contribution in [0.4, 0.5) is 0 Å². The minimum absolute atomic E-state index is 0.259. The van der Waals surface area contributed by atoms with Crippen LogP contribution in [-0.4, -0.2) is 51.9 Å². The lowest BCUT2D eigenvalue weighted by molar-refractivity contribution is -0.139. The molecule has 1 amide bonds. The molecule has 0 saturated carbocycles. The summed E-state index contributed by atoms with van der Waals surface area (Å²) in [5, 5.41) is 0. The maximum Gasteiger partial charge on any atom is 0.222 e. The second-order valence-corrected chi connectivity index (χ2v) is 9.00. The highest BCUT2D eigenvalue weighted by Crippen LogP contribution is 2.39. The maximum absolute atomic E-state index is 12.5. The Balaban J connectivity index is 1.39. The Hall–Kier alpha value is -1.79. The molecule has 4 heterocycles. The lowest BCUT2D eigenvalue weighted by atomic mass is 9.73. The van der Waals surface area contributed by atoms with Crippen LogP contribution in [0.1, 0.15) is 41.9 Å². The van der Waals surface area contributed by atoms with Crippen molar-refractivity contribution in [3.05, 3.63) is 46.2 Å². The van der Waals surface area contributed by atoms with E-state index < -0.39 is 0 Å². The van der Waals surface area contributed by atoms with Gasteiger partial charge in [0.1, 0.15) is 0 Å². The Kier molecular flexibility index (Phi) is 5.55. The van der Waals surface area contributed by atoms with Gasteiger partial charge in [-0.15, -0.1) is 11.3 Å². The molecular formula is C21H28N4OS. The zero-order valence-electron chi connectivity index (χ0n) is 16.1. The van der Waals surface area contributed by atoms with Crippen LogP contribution in [-0.2, 0) is 17.8 Å². The number of aryl methyl sites for hydroxylation is 1. The molecule has 0 aromatic carbocycles. The van der Waals surface area contributed by atoms with Gasteiger partial charge in [-0.1, -0.05) is 6.07 Å². The molecule has 0 radical (unpaired) electrons. The number of nitrogens with zero attached hydrogens (tertiary/aromatic N) is 4. The summed E-state index contributed by atoms with van der Waals surface area (Å²) in [6.07, 6.45) is 6.85. The number of carbonyl (C=O) groups excluding carboxylic acids is 1. The van der Waals surface area contributed by atoms with Crippen LogP contribution in [0.25, 0.3) is 0 Å². The standard InChI is InChI=1S/C21H28N4OS/c1-17-19(27-16-23-17)13-24-11-4-8-21(14-24)9-6-20(26)25(15-21)12-7-18-5-2-3-10-22-18/h2-3,5,10,16H,4,6-9,11-15H2,1H3/t21-/m0/s1. The highest BCUT2D eigenvalue weighted by molar-refractivity contribution is 7.09. The van der Waals surface area contributed by atoms with Gasteiger partial charge in [-0.2, -0.15) is 0 Å². The average molecular weight is 385 g/mol. The number of carbonyl (C=O) groups is 1. The second-order valence-electron chi connectivity index (χ2n) is 8.06. The summed E-state index contributed by atoms with van der Waals surface area (Å²) in [7, 11) is 0. The van der Waals surface area contributed by atoms with Crippen LogP contribution in [0.3, 0.4) is 0 Å². The third-order valence-corrected chi connectivity index (χ3v) is 6.98. The number of aromatic nitrogens is 2. The quantitative estimate of drug-likeness (QED) is 0.794. The summed E-state index contributed by atoms with van der Waals surface area (Å²) in [5.41, 5.74) is 4.43. The topological polar surface area (TPSA) is 49.3 Å². The van der Waals surface area contributed by atoms with Crippen molar-refractivity contribution >= 4 is 17.2 Å². The molecule has 6 heteroatoms. The van der Waals surface area contributed by atoms with Crippen LogP contribution < -0.4 is 0 Å². The van der Waals surface area contributed by atoms with E-state index in [4.69, 9.17) is 0 Å². The number of rotatable bonds is 5. The molecule has 0 unspecified atom stereocenters. The summed E-state index contributed by atoms with van der Waals surface area (Å²) in [5.74, 6) is 0.312. The lowest BCUT2D eigenvalue weighted by Gasteiger charge is -2.48. The number of amides is 1. The molecule has 2 aromatic heterocycles. The van der Waals surface area contributed by atoms with E-state index in [-0.39, 0.29) is 5.41 Å². The first-order valence-electron chi connectivity index (χ1n) is 9.93. The largest absolute Gasteiger partial charge is 0.342 e. The Labute approximate surface area is 165 Å². The van der Waals surface area contributed by atoms with Crippen molar-refractivity contribution in [1.82, 2.24) is 19.8 Å². The van der Waals surface area contributed by atoms with Gasteiger partial charge in [0.25, 0.3) is 0 Å². The Morgan fingerprint density at radius 3 is 2.93 bits per heavy atom. The molecule has 144 valence electrons. The first-order valence-corrected chi connectivity index (χ1v) is 10.8. The van der Waals surface area contributed by atoms with Crippen molar-refractivity contribution in [3.63, 3.8) is 0 Å². The van der Waals surface area contributed by atoms with E-state index in [9.17, 15) is 4.79 Å². The first kappa shape index (κ1) is 18.6. The number of hydrogen-bond donors (Lipinski definition) is 0. The van der Waals surface area contributed by atoms with E-state index in [0.717, 1.165) is 57.0 Å². The maximum atomic E-state index is 12.5. The molecule has 0 N–H and O–H groups in total. The predicted molar refractivity (Wildman–Crippen MR) is 108 cm³/mol. The number of thiazole rings is 1. The molecule has 1 spiro atoms. The lowest BCUT2D eigenvalue weighted by Crippen LogP contribution is -2.54. The molecule has 2 aliphatic rings. The Morgan fingerprint density at radius 1 is 1.22 bits per heavy atom. The average Bonchev–Trinajstić information content (AvgIpc) is 3.08. The van der Waals surface area contributed by atoms with Crippen molar-refractivity contribution in [2.45, 2.75) is 45.6 Å². The first-order chi connectivity index (χ1) is 13.1. The smallest absolute Gasteiger partial charge is 0.222 e. The van der Waals surface area contributed by atoms with Crippen molar-refractivity contribution in [2.24, 2.45) is 5.41 Å². The summed E-state index contributed by atoms with van der Waals surface area (Å²) >= 11 is 1.76. The van der Waals surface area contributed by atoms with E-state index in [1.807, 2.05) is 29.9 Å². The molecule has 0 aliphatic carbocycles. The van der Waals surface area contributed by atoms with Crippen LogP contribution in [0, 0.1) is 12.3 Å². The van der Waals surface area contributed by atoms with Crippen LogP contribution in [0.5, 0.6) is 0 Å². The summed E-state index contributed by atoms with van der Waals surface area (Å²) in [6.45, 7) is 7.03.